The smallest absolute Gasteiger partial charge is 0.0588 e. The molecule has 2 nitrogen and oxygen atoms in total. The van der Waals surface area contributed by atoms with E-state index in [1.807, 2.05) is 11.3 Å². The van der Waals surface area contributed by atoms with Crippen LogP contribution in [0.3, 0.4) is 0 Å². The minimum absolute atomic E-state index is 0.189. The molecule has 2 atom stereocenters. The molecule has 0 saturated heterocycles. The average Bonchev–Trinajstić information content (AvgIpc) is 2.90. The van der Waals surface area contributed by atoms with Crippen LogP contribution in [0, 0.1) is 12.8 Å². The first-order valence-electron chi connectivity index (χ1n) is 7.10. The van der Waals surface area contributed by atoms with Crippen molar-refractivity contribution >= 4 is 11.3 Å². The molecule has 102 valence electrons. The Kier molecular flexibility index (Phi) is 4.82. The zero-order valence-corrected chi connectivity index (χ0v) is 12.7. The van der Waals surface area contributed by atoms with Gasteiger partial charge >= 0.3 is 0 Å². The summed E-state index contributed by atoms with van der Waals surface area (Å²) in [7, 11) is 2.24. The third-order valence-electron chi connectivity index (χ3n) is 4.05. The summed E-state index contributed by atoms with van der Waals surface area (Å²) in [6.45, 7) is 5.50. The first-order valence-corrected chi connectivity index (χ1v) is 7.91. The van der Waals surface area contributed by atoms with Gasteiger partial charge in [0.05, 0.1) is 6.04 Å². The van der Waals surface area contributed by atoms with Crippen molar-refractivity contribution in [2.45, 2.75) is 51.6 Å². The minimum Gasteiger partial charge on any atom is -0.326 e. The van der Waals surface area contributed by atoms with Gasteiger partial charge in [0, 0.05) is 22.3 Å². The van der Waals surface area contributed by atoms with E-state index in [0.717, 1.165) is 5.92 Å². The molecular formula is C15H26N2S. The van der Waals surface area contributed by atoms with Crippen LogP contribution in [0.25, 0.3) is 0 Å². The second kappa shape index (κ2) is 6.18. The fourth-order valence-electron chi connectivity index (χ4n) is 3.20. The summed E-state index contributed by atoms with van der Waals surface area (Å²) in [6.07, 6.45) is 5.64. The first-order chi connectivity index (χ1) is 8.58. The minimum atomic E-state index is 0.189. The molecule has 1 heterocycles. The van der Waals surface area contributed by atoms with E-state index in [2.05, 4.69) is 37.9 Å². The Balaban J connectivity index is 2.04. The van der Waals surface area contributed by atoms with Crippen LogP contribution < -0.4 is 5.73 Å². The molecule has 2 unspecified atom stereocenters. The molecular weight excluding hydrogens is 240 g/mol. The van der Waals surface area contributed by atoms with Crippen molar-refractivity contribution in [2.75, 3.05) is 13.6 Å². The van der Waals surface area contributed by atoms with E-state index in [9.17, 15) is 0 Å². The van der Waals surface area contributed by atoms with E-state index in [1.165, 1.54) is 42.0 Å². The Morgan fingerprint density at radius 2 is 2.06 bits per heavy atom. The highest BCUT2D eigenvalue weighted by atomic mass is 32.1. The lowest BCUT2D eigenvalue weighted by atomic mass is 10.0. The largest absolute Gasteiger partial charge is 0.326 e. The van der Waals surface area contributed by atoms with Gasteiger partial charge in [0.25, 0.3) is 0 Å². The van der Waals surface area contributed by atoms with Gasteiger partial charge in [0.1, 0.15) is 0 Å². The SMILES string of the molecule is Cc1ccc(C(C(C)N)N(C)CC2CCCC2)s1. The number of likely N-dealkylation sites (N-methyl/N-ethyl adjacent to an activating group) is 1. The van der Waals surface area contributed by atoms with Gasteiger partial charge in [-0.15, -0.1) is 11.3 Å². The Hall–Kier alpha value is -0.380. The summed E-state index contributed by atoms with van der Waals surface area (Å²) in [5, 5.41) is 0. The average molecular weight is 266 g/mol. The highest BCUT2D eigenvalue weighted by molar-refractivity contribution is 7.12. The Bertz CT molecular complexity index is 366. The number of hydrogen-bond acceptors (Lipinski definition) is 3. The third kappa shape index (κ3) is 3.34. The predicted molar refractivity (Wildman–Crippen MR) is 80.0 cm³/mol. The fourth-order valence-corrected chi connectivity index (χ4v) is 4.36. The van der Waals surface area contributed by atoms with Crippen LogP contribution in [-0.2, 0) is 0 Å². The number of aryl methyl sites for hydroxylation is 1. The van der Waals surface area contributed by atoms with Gasteiger partial charge in [0.2, 0.25) is 0 Å². The molecule has 2 rings (SSSR count). The molecule has 1 aliphatic rings. The lowest BCUT2D eigenvalue weighted by Crippen LogP contribution is -2.38. The Labute approximate surface area is 115 Å². The van der Waals surface area contributed by atoms with Gasteiger partial charge in [-0.3, -0.25) is 4.90 Å². The van der Waals surface area contributed by atoms with Gasteiger partial charge in [-0.2, -0.15) is 0 Å². The molecule has 2 N–H and O–H groups in total. The molecule has 1 saturated carbocycles. The molecule has 0 aliphatic heterocycles. The molecule has 1 aromatic rings. The molecule has 3 heteroatoms. The molecule has 1 aromatic heterocycles. The number of hydrogen-bond donors (Lipinski definition) is 1. The van der Waals surface area contributed by atoms with Crippen LogP contribution in [0.2, 0.25) is 0 Å². The van der Waals surface area contributed by atoms with Crippen molar-refractivity contribution in [3.05, 3.63) is 21.9 Å². The van der Waals surface area contributed by atoms with Crippen molar-refractivity contribution in [1.29, 1.82) is 0 Å². The second-order valence-corrected chi connectivity index (χ2v) is 7.16. The molecule has 1 fully saturated rings. The van der Waals surface area contributed by atoms with Crippen molar-refractivity contribution in [3.8, 4) is 0 Å². The van der Waals surface area contributed by atoms with Crippen LogP contribution in [0.15, 0.2) is 12.1 Å². The number of nitrogens with zero attached hydrogens (tertiary/aromatic N) is 1. The summed E-state index contributed by atoms with van der Waals surface area (Å²) < 4.78 is 0. The maximum Gasteiger partial charge on any atom is 0.0588 e. The van der Waals surface area contributed by atoms with Gasteiger partial charge < -0.3 is 5.73 Å². The van der Waals surface area contributed by atoms with Gasteiger partial charge in [-0.25, -0.2) is 0 Å². The molecule has 1 aliphatic carbocycles. The highest BCUT2D eigenvalue weighted by Crippen LogP contribution is 2.32. The maximum atomic E-state index is 6.22. The second-order valence-electron chi connectivity index (χ2n) is 5.84. The van der Waals surface area contributed by atoms with Crippen LogP contribution in [0.1, 0.15) is 48.4 Å². The van der Waals surface area contributed by atoms with E-state index in [-0.39, 0.29) is 6.04 Å². The van der Waals surface area contributed by atoms with Gasteiger partial charge in [-0.1, -0.05) is 12.8 Å². The molecule has 0 aromatic carbocycles. The van der Waals surface area contributed by atoms with Crippen molar-refractivity contribution in [3.63, 3.8) is 0 Å². The van der Waals surface area contributed by atoms with E-state index < -0.39 is 0 Å². The molecule has 0 amide bonds. The van der Waals surface area contributed by atoms with E-state index in [4.69, 9.17) is 5.73 Å². The van der Waals surface area contributed by atoms with Crippen LogP contribution in [0.5, 0.6) is 0 Å². The standard InChI is InChI=1S/C15H26N2S/c1-11-8-9-14(18-11)15(12(2)16)17(3)10-13-6-4-5-7-13/h8-9,12-13,15H,4-7,10,16H2,1-3H3. The highest BCUT2D eigenvalue weighted by Gasteiger charge is 2.25. The molecule has 0 radical (unpaired) electrons. The van der Waals surface area contributed by atoms with Crippen molar-refractivity contribution in [2.24, 2.45) is 11.7 Å². The quantitative estimate of drug-likeness (QED) is 0.883. The zero-order valence-electron chi connectivity index (χ0n) is 11.9. The number of rotatable bonds is 5. The summed E-state index contributed by atoms with van der Waals surface area (Å²) in [6, 6.07) is 5.02. The van der Waals surface area contributed by atoms with Crippen molar-refractivity contribution in [1.82, 2.24) is 4.90 Å². The number of thiophene rings is 1. The van der Waals surface area contributed by atoms with Crippen LogP contribution >= 0.6 is 11.3 Å². The monoisotopic (exact) mass is 266 g/mol. The zero-order chi connectivity index (χ0) is 13.1. The predicted octanol–water partition coefficient (Wildman–Crippen LogP) is 3.57. The summed E-state index contributed by atoms with van der Waals surface area (Å²) in [5.41, 5.74) is 6.22. The number of nitrogens with two attached hydrogens (primary N) is 1. The molecule has 0 bridgehead atoms. The summed E-state index contributed by atoms with van der Waals surface area (Å²) >= 11 is 1.89. The lowest BCUT2D eigenvalue weighted by Gasteiger charge is -2.32. The summed E-state index contributed by atoms with van der Waals surface area (Å²) in [5.74, 6) is 0.886. The van der Waals surface area contributed by atoms with Gasteiger partial charge in [0.15, 0.2) is 0 Å². The van der Waals surface area contributed by atoms with Crippen LogP contribution in [-0.4, -0.2) is 24.5 Å². The Morgan fingerprint density at radius 3 is 2.56 bits per heavy atom. The van der Waals surface area contributed by atoms with Crippen LogP contribution in [0.4, 0.5) is 0 Å². The molecule has 0 spiro atoms. The summed E-state index contributed by atoms with van der Waals surface area (Å²) in [4.78, 5) is 5.28. The lowest BCUT2D eigenvalue weighted by molar-refractivity contribution is 0.190. The topological polar surface area (TPSA) is 29.3 Å². The van der Waals surface area contributed by atoms with Gasteiger partial charge in [-0.05, 0) is 51.8 Å². The molecule has 18 heavy (non-hydrogen) atoms. The van der Waals surface area contributed by atoms with Crippen molar-refractivity contribution < 1.29 is 0 Å². The Morgan fingerprint density at radius 1 is 1.39 bits per heavy atom. The first kappa shape index (κ1) is 14.0. The van der Waals surface area contributed by atoms with E-state index in [1.54, 1.807) is 0 Å². The maximum absolute atomic E-state index is 6.22. The third-order valence-corrected chi connectivity index (χ3v) is 5.12. The van der Waals surface area contributed by atoms with E-state index in [0.29, 0.717) is 6.04 Å². The fraction of sp³-hybridized carbons (Fsp3) is 0.733. The normalized spacial score (nSPS) is 20.5. The van der Waals surface area contributed by atoms with E-state index >= 15 is 0 Å².